The second-order valence-electron chi connectivity index (χ2n) is 5.58. The molecule has 3 nitrogen and oxygen atoms in total. The number of benzene rings is 2. The predicted molar refractivity (Wildman–Crippen MR) is 84.6 cm³/mol. The Morgan fingerprint density at radius 3 is 2.90 bits per heavy atom. The standard InChI is InChI=1S/C18H21NO2/c1-13-11-21-17-9-4-3-8-16(17)18(13)19-15-7-5-6-14(10-15)12-20-2/h3-10,13,18-19H,11-12H2,1-2H3. The molecule has 0 saturated heterocycles. The van der Waals surface area contributed by atoms with Crippen molar-refractivity contribution in [3.8, 4) is 5.75 Å². The molecule has 1 aliphatic heterocycles. The topological polar surface area (TPSA) is 30.5 Å². The maximum Gasteiger partial charge on any atom is 0.124 e. The van der Waals surface area contributed by atoms with Crippen LogP contribution in [0.3, 0.4) is 0 Å². The van der Waals surface area contributed by atoms with Crippen LogP contribution >= 0.6 is 0 Å². The number of rotatable bonds is 4. The molecule has 3 heteroatoms. The van der Waals surface area contributed by atoms with Gasteiger partial charge >= 0.3 is 0 Å². The van der Waals surface area contributed by atoms with Crippen LogP contribution in [-0.2, 0) is 11.3 Å². The van der Waals surface area contributed by atoms with Crippen molar-refractivity contribution in [3.05, 3.63) is 59.7 Å². The molecular formula is C18H21NO2. The summed E-state index contributed by atoms with van der Waals surface area (Å²) < 4.78 is 11.0. The molecule has 0 amide bonds. The summed E-state index contributed by atoms with van der Waals surface area (Å²) in [6.45, 7) is 3.59. The number of methoxy groups -OCH3 is 1. The van der Waals surface area contributed by atoms with Crippen LogP contribution in [0.25, 0.3) is 0 Å². The monoisotopic (exact) mass is 283 g/mol. The van der Waals surface area contributed by atoms with Crippen LogP contribution in [0.4, 0.5) is 5.69 Å². The highest BCUT2D eigenvalue weighted by Crippen LogP contribution is 2.37. The minimum Gasteiger partial charge on any atom is -0.493 e. The Morgan fingerprint density at radius 1 is 1.19 bits per heavy atom. The fourth-order valence-electron chi connectivity index (χ4n) is 2.81. The highest BCUT2D eigenvalue weighted by Gasteiger charge is 2.27. The molecule has 3 rings (SSSR count). The van der Waals surface area contributed by atoms with Crippen molar-refractivity contribution in [2.75, 3.05) is 19.0 Å². The summed E-state index contributed by atoms with van der Waals surface area (Å²) >= 11 is 0. The minimum absolute atomic E-state index is 0.271. The van der Waals surface area contributed by atoms with Gasteiger partial charge < -0.3 is 14.8 Å². The first-order valence-electron chi connectivity index (χ1n) is 7.34. The summed E-state index contributed by atoms with van der Waals surface area (Å²) in [7, 11) is 1.72. The number of nitrogens with one attached hydrogen (secondary N) is 1. The van der Waals surface area contributed by atoms with Gasteiger partial charge in [-0.3, -0.25) is 0 Å². The van der Waals surface area contributed by atoms with Crippen molar-refractivity contribution in [1.82, 2.24) is 0 Å². The molecule has 0 fully saturated rings. The molecule has 2 atom stereocenters. The van der Waals surface area contributed by atoms with E-state index in [0.29, 0.717) is 12.5 Å². The summed E-state index contributed by atoms with van der Waals surface area (Å²) in [6, 6.07) is 16.9. The van der Waals surface area contributed by atoms with E-state index in [1.54, 1.807) is 7.11 Å². The number of fused-ring (bicyclic) bond motifs is 1. The van der Waals surface area contributed by atoms with Crippen LogP contribution in [0.15, 0.2) is 48.5 Å². The lowest BCUT2D eigenvalue weighted by Gasteiger charge is -2.32. The van der Waals surface area contributed by atoms with Gasteiger partial charge in [0, 0.05) is 24.3 Å². The Kier molecular flexibility index (Phi) is 4.11. The second-order valence-corrected chi connectivity index (χ2v) is 5.58. The lowest BCUT2D eigenvalue weighted by atomic mass is 9.91. The average Bonchev–Trinajstić information content (AvgIpc) is 2.51. The van der Waals surface area contributed by atoms with Crippen LogP contribution in [0.2, 0.25) is 0 Å². The first-order chi connectivity index (χ1) is 10.3. The quantitative estimate of drug-likeness (QED) is 0.919. The molecule has 21 heavy (non-hydrogen) atoms. The normalized spacial score (nSPS) is 20.5. The van der Waals surface area contributed by atoms with Gasteiger partial charge in [0.2, 0.25) is 0 Å². The van der Waals surface area contributed by atoms with Crippen LogP contribution in [-0.4, -0.2) is 13.7 Å². The molecule has 0 aromatic heterocycles. The van der Waals surface area contributed by atoms with Crippen LogP contribution in [0.1, 0.15) is 24.1 Å². The predicted octanol–water partition coefficient (Wildman–Crippen LogP) is 4.01. The molecule has 0 bridgehead atoms. The number of ether oxygens (including phenoxy) is 2. The zero-order valence-corrected chi connectivity index (χ0v) is 12.5. The van der Waals surface area contributed by atoms with E-state index >= 15 is 0 Å². The lowest BCUT2D eigenvalue weighted by molar-refractivity contribution is 0.185. The molecule has 0 spiro atoms. The highest BCUT2D eigenvalue weighted by atomic mass is 16.5. The van der Waals surface area contributed by atoms with Crippen LogP contribution in [0.5, 0.6) is 5.75 Å². The van der Waals surface area contributed by atoms with Gasteiger partial charge in [0.15, 0.2) is 0 Å². The Hall–Kier alpha value is -2.00. The van der Waals surface area contributed by atoms with E-state index < -0.39 is 0 Å². The summed E-state index contributed by atoms with van der Waals surface area (Å²) in [5.41, 5.74) is 3.53. The van der Waals surface area contributed by atoms with E-state index in [1.807, 2.05) is 12.1 Å². The van der Waals surface area contributed by atoms with Crippen molar-refractivity contribution in [2.24, 2.45) is 5.92 Å². The Balaban J connectivity index is 1.85. The van der Waals surface area contributed by atoms with Crippen molar-refractivity contribution >= 4 is 5.69 Å². The molecule has 1 aliphatic rings. The molecule has 1 N–H and O–H groups in total. The van der Waals surface area contributed by atoms with Gasteiger partial charge in [0.05, 0.1) is 19.3 Å². The molecule has 2 aromatic carbocycles. The smallest absolute Gasteiger partial charge is 0.124 e. The van der Waals surface area contributed by atoms with E-state index in [-0.39, 0.29) is 6.04 Å². The largest absolute Gasteiger partial charge is 0.493 e. The number of hydrogen-bond donors (Lipinski definition) is 1. The first-order valence-corrected chi connectivity index (χ1v) is 7.34. The maximum absolute atomic E-state index is 5.81. The van der Waals surface area contributed by atoms with E-state index in [9.17, 15) is 0 Å². The van der Waals surface area contributed by atoms with Gasteiger partial charge in [-0.2, -0.15) is 0 Å². The summed E-state index contributed by atoms with van der Waals surface area (Å²) in [4.78, 5) is 0. The summed E-state index contributed by atoms with van der Waals surface area (Å²) in [5.74, 6) is 1.41. The summed E-state index contributed by atoms with van der Waals surface area (Å²) in [5, 5.41) is 3.65. The zero-order valence-electron chi connectivity index (χ0n) is 12.5. The molecule has 0 saturated carbocycles. The molecule has 2 unspecified atom stereocenters. The molecule has 2 aromatic rings. The average molecular weight is 283 g/mol. The zero-order chi connectivity index (χ0) is 14.7. The lowest BCUT2D eigenvalue weighted by Crippen LogP contribution is -2.28. The Labute approximate surface area is 125 Å². The molecule has 1 heterocycles. The van der Waals surface area contributed by atoms with Crippen molar-refractivity contribution < 1.29 is 9.47 Å². The van der Waals surface area contributed by atoms with E-state index in [2.05, 4.69) is 48.6 Å². The van der Waals surface area contributed by atoms with Gasteiger partial charge in [0.1, 0.15) is 5.75 Å². The van der Waals surface area contributed by atoms with Gasteiger partial charge in [-0.1, -0.05) is 37.3 Å². The van der Waals surface area contributed by atoms with E-state index in [1.165, 1.54) is 11.1 Å². The van der Waals surface area contributed by atoms with Gasteiger partial charge in [-0.25, -0.2) is 0 Å². The van der Waals surface area contributed by atoms with E-state index in [0.717, 1.165) is 18.0 Å². The van der Waals surface area contributed by atoms with Crippen molar-refractivity contribution in [3.63, 3.8) is 0 Å². The third-order valence-electron chi connectivity index (χ3n) is 3.88. The third-order valence-corrected chi connectivity index (χ3v) is 3.88. The minimum atomic E-state index is 0.271. The molecule has 0 radical (unpaired) electrons. The molecular weight excluding hydrogens is 262 g/mol. The molecule has 110 valence electrons. The first kappa shape index (κ1) is 14.0. The number of anilines is 1. The highest BCUT2D eigenvalue weighted by molar-refractivity contribution is 5.50. The second kappa shape index (κ2) is 6.19. The Morgan fingerprint density at radius 2 is 2.05 bits per heavy atom. The van der Waals surface area contributed by atoms with Gasteiger partial charge in [-0.15, -0.1) is 0 Å². The number of hydrogen-bond acceptors (Lipinski definition) is 3. The SMILES string of the molecule is COCc1cccc(NC2c3ccccc3OCC2C)c1. The fraction of sp³-hybridized carbons (Fsp3) is 0.333. The molecule has 0 aliphatic carbocycles. The van der Waals surface area contributed by atoms with E-state index in [4.69, 9.17) is 9.47 Å². The maximum atomic E-state index is 5.81. The summed E-state index contributed by atoms with van der Waals surface area (Å²) in [6.07, 6.45) is 0. The van der Waals surface area contributed by atoms with Crippen molar-refractivity contribution in [1.29, 1.82) is 0 Å². The Bertz CT molecular complexity index is 612. The van der Waals surface area contributed by atoms with Crippen molar-refractivity contribution in [2.45, 2.75) is 19.6 Å². The van der Waals surface area contributed by atoms with Crippen LogP contribution in [0, 0.1) is 5.92 Å². The van der Waals surface area contributed by atoms with Gasteiger partial charge in [-0.05, 0) is 23.8 Å². The fourth-order valence-corrected chi connectivity index (χ4v) is 2.81. The van der Waals surface area contributed by atoms with Gasteiger partial charge in [0.25, 0.3) is 0 Å². The number of para-hydroxylation sites is 1. The van der Waals surface area contributed by atoms with Crippen LogP contribution < -0.4 is 10.1 Å². The third kappa shape index (κ3) is 3.03.